The minimum absolute atomic E-state index is 0.00693. The molecule has 4 aromatic carbocycles. The van der Waals surface area contributed by atoms with Gasteiger partial charge in [-0.1, -0.05) is 113 Å². The molecule has 0 saturated heterocycles. The number of aryl methyl sites for hydroxylation is 1. The van der Waals surface area contributed by atoms with Gasteiger partial charge in [0, 0.05) is 34.6 Å². The van der Waals surface area contributed by atoms with Crippen molar-refractivity contribution in [2.24, 2.45) is 0 Å². The van der Waals surface area contributed by atoms with E-state index in [9.17, 15) is 18.0 Å². The van der Waals surface area contributed by atoms with Gasteiger partial charge in [-0.25, -0.2) is 8.42 Å². The third kappa shape index (κ3) is 9.00. The maximum atomic E-state index is 14.7. The van der Waals surface area contributed by atoms with Crippen molar-refractivity contribution in [2.75, 3.05) is 10.8 Å². The topological polar surface area (TPSA) is 86.8 Å². The second kappa shape index (κ2) is 16.2. The Morgan fingerprint density at radius 3 is 2.02 bits per heavy atom. The normalized spacial score (nSPS) is 12.7. The molecule has 0 saturated carbocycles. The molecule has 0 aliphatic rings. The predicted molar refractivity (Wildman–Crippen MR) is 191 cm³/mol. The smallest absolute Gasteiger partial charge is 0.264 e. The van der Waals surface area contributed by atoms with Crippen molar-refractivity contribution in [1.82, 2.24) is 10.2 Å². The number of benzene rings is 4. The van der Waals surface area contributed by atoms with Gasteiger partial charge in [0.2, 0.25) is 11.8 Å². The van der Waals surface area contributed by atoms with Gasteiger partial charge in [-0.3, -0.25) is 13.9 Å². The van der Waals surface area contributed by atoms with E-state index in [1.807, 2.05) is 51.1 Å². The lowest BCUT2D eigenvalue weighted by Crippen LogP contribution is -2.54. The molecule has 0 aromatic heterocycles. The third-order valence-corrected chi connectivity index (χ3v) is 11.0. The number of anilines is 1. The van der Waals surface area contributed by atoms with Crippen LogP contribution in [0.25, 0.3) is 0 Å². The van der Waals surface area contributed by atoms with Crippen molar-refractivity contribution < 1.29 is 18.0 Å². The minimum atomic E-state index is -4.37. The molecule has 2 atom stereocenters. The van der Waals surface area contributed by atoms with Crippen LogP contribution in [0.2, 0.25) is 20.1 Å². The fourth-order valence-corrected chi connectivity index (χ4v) is 7.28. The quantitative estimate of drug-likeness (QED) is 0.150. The Morgan fingerprint density at radius 1 is 0.809 bits per heavy atom. The number of rotatable bonds is 13. The molecule has 12 heteroatoms. The van der Waals surface area contributed by atoms with Crippen molar-refractivity contribution >= 4 is 73.9 Å². The summed E-state index contributed by atoms with van der Waals surface area (Å²) in [6.07, 6.45) is 0.795. The molecule has 0 aliphatic heterocycles. The number of sulfonamides is 1. The third-order valence-electron chi connectivity index (χ3n) is 7.75. The van der Waals surface area contributed by atoms with Gasteiger partial charge in [0.15, 0.2) is 0 Å². The van der Waals surface area contributed by atoms with Crippen LogP contribution in [0.15, 0.2) is 95.9 Å². The molecule has 2 unspecified atom stereocenters. The first kappa shape index (κ1) is 36.6. The minimum Gasteiger partial charge on any atom is -0.352 e. The van der Waals surface area contributed by atoms with E-state index in [1.54, 1.807) is 36.4 Å². The molecule has 2 amide bonds. The van der Waals surface area contributed by atoms with Crippen molar-refractivity contribution in [2.45, 2.75) is 57.1 Å². The lowest BCUT2D eigenvalue weighted by atomic mass is 10.0. The van der Waals surface area contributed by atoms with E-state index in [4.69, 9.17) is 46.4 Å². The van der Waals surface area contributed by atoms with Crippen LogP contribution >= 0.6 is 46.4 Å². The second-order valence-corrected chi connectivity index (χ2v) is 14.6. The zero-order valence-corrected chi connectivity index (χ0v) is 29.9. The highest BCUT2D eigenvalue weighted by atomic mass is 35.5. The van der Waals surface area contributed by atoms with Crippen LogP contribution in [0.3, 0.4) is 0 Å². The van der Waals surface area contributed by atoms with Crippen LogP contribution in [0.1, 0.15) is 37.0 Å². The molecule has 248 valence electrons. The highest BCUT2D eigenvalue weighted by Crippen LogP contribution is 2.36. The molecule has 1 N–H and O–H groups in total. The van der Waals surface area contributed by atoms with Gasteiger partial charge < -0.3 is 10.2 Å². The Bertz CT molecular complexity index is 1800. The summed E-state index contributed by atoms with van der Waals surface area (Å²) in [7, 11) is -4.37. The SMILES string of the molecule is CCC(C)NC(=O)C(Cc1ccccc1)N(Cc1c(Cl)cccc1Cl)C(=O)CN(c1cccc(Cl)c1Cl)S(=O)(=O)c1ccc(C)cc1. The Hall–Kier alpha value is -3.27. The highest BCUT2D eigenvalue weighted by molar-refractivity contribution is 7.92. The summed E-state index contributed by atoms with van der Waals surface area (Å²) in [5.74, 6) is -1.10. The predicted octanol–water partition coefficient (Wildman–Crippen LogP) is 8.36. The summed E-state index contributed by atoms with van der Waals surface area (Å²) in [5.41, 5.74) is 2.06. The Kier molecular flexibility index (Phi) is 12.6. The average molecular weight is 736 g/mol. The fourth-order valence-electron chi connectivity index (χ4n) is 4.88. The van der Waals surface area contributed by atoms with Crippen molar-refractivity contribution in [1.29, 1.82) is 0 Å². The van der Waals surface area contributed by atoms with Crippen LogP contribution in [0.4, 0.5) is 5.69 Å². The van der Waals surface area contributed by atoms with Gasteiger partial charge in [0.1, 0.15) is 12.6 Å². The van der Waals surface area contributed by atoms with Crippen LogP contribution in [-0.4, -0.2) is 43.8 Å². The van der Waals surface area contributed by atoms with Crippen LogP contribution in [0.5, 0.6) is 0 Å². The van der Waals surface area contributed by atoms with Crippen LogP contribution in [-0.2, 0) is 32.6 Å². The summed E-state index contributed by atoms with van der Waals surface area (Å²) in [4.78, 5) is 29.9. The van der Waals surface area contributed by atoms with E-state index in [0.717, 1.165) is 15.4 Å². The van der Waals surface area contributed by atoms with Gasteiger partial charge in [0.05, 0.1) is 20.6 Å². The number of amides is 2. The molecule has 47 heavy (non-hydrogen) atoms. The largest absolute Gasteiger partial charge is 0.352 e. The first-order valence-corrected chi connectivity index (χ1v) is 17.9. The molecule has 0 spiro atoms. The second-order valence-electron chi connectivity index (χ2n) is 11.1. The molecule has 0 bridgehead atoms. The Morgan fingerprint density at radius 2 is 1.40 bits per heavy atom. The zero-order chi connectivity index (χ0) is 34.3. The number of halogens is 4. The van der Waals surface area contributed by atoms with E-state index in [0.29, 0.717) is 12.0 Å². The molecule has 0 radical (unpaired) electrons. The number of carbonyl (C=O) groups is 2. The van der Waals surface area contributed by atoms with Crippen molar-refractivity contribution in [3.63, 3.8) is 0 Å². The molecular weight excluding hydrogens is 700 g/mol. The number of nitrogens with zero attached hydrogens (tertiary/aromatic N) is 2. The summed E-state index contributed by atoms with van der Waals surface area (Å²) < 4.78 is 29.4. The first-order valence-electron chi connectivity index (χ1n) is 14.9. The standard InChI is InChI=1S/C35H35Cl4N3O4S/c1-4-24(3)40-35(44)32(20-25-10-6-5-7-11-25)41(21-27-28(36)12-8-13-29(27)37)33(43)22-42(31-15-9-14-30(38)34(31)39)47(45,46)26-18-16-23(2)17-19-26/h5-19,24,32H,4,20-22H2,1-3H3,(H,40,44). The van der Waals surface area contributed by atoms with E-state index in [-0.39, 0.29) is 49.7 Å². The van der Waals surface area contributed by atoms with Gasteiger partial charge in [-0.05, 0) is 62.2 Å². The van der Waals surface area contributed by atoms with E-state index in [1.165, 1.54) is 29.2 Å². The van der Waals surface area contributed by atoms with Crippen LogP contribution < -0.4 is 9.62 Å². The highest BCUT2D eigenvalue weighted by Gasteiger charge is 2.36. The molecule has 0 heterocycles. The van der Waals surface area contributed by atoms with E-state index in [2.05, 4.69) is 5.32 Å². The molecular formula is C35H35Cl4N3O4S. The zero-order valence-electron chi connectivity index (χ0n) is 26.1. The molecule has 4 rings (SSSR count). The summed E-state index contributed by atoms with van der Waals surface area (Å²) in [6, 6.07) is 23.7. The summed E-state index contributed by atoms with van der Waals surface area (Å²) >= 11 is 26.0. The van der Waals surface area contributed by atoms with Crippen molar-refractivity contribution in [3.05, 3.63) is 128 Å². The lowest BCUT2D eigenvalue weighted by Gasteiger charge is -2.35. The lowest BCUT2D eigenvalue weighted by molar-refractivity contribution is -0.140. The number of nitrogens with one attached hydrogen (secondary N) is 1. The average Bonchev–Trinajstić information content (AvgIpc) is 3.04. The van der Waals surface area contributed by atoms with Gasteiger partial charge in [-0.15, -0.1) is 0 Å². The summed E-state index contributed by atoms with van der Waals surface area (Å²) in [6.45, 7) is 4.75. The number of hydrogen-bond donors (Lipinski definition) is 1. The van der Waals surface area contributed by atoms with E-state index >= 15 is 0 Å². The Labute approximate surface area is 296 Å². The number of hydrogen-bond acceptors (Lipinski definition) is 4. The molecule has 0 fully saturated rings. The number of carbonyl (C=O) groups excluding carboxylic acids is 2. The molecule has 4 aromatic rings. The maximum absolute atomic E-state index is 14.7. The van der Waals surface area contributed by atoms with Gasteiger partial charge >= 0.3 is 0 Å². The van der Waals surface area contributed by atoms with Crippen LogP contribution in [0, 0.1) is 6.92 Å². The Balaban J connectivity index is 1.87. The molecule has 0 aliphatic carbocycles. The van der Waals surface area contributed by atoms with Crippen molar-refractivity contribution in [3.8, 4) is 0 Å². The van der Waals surface area contributed by atoms with Gasteiger partial charge in [-0.2, -0.15) is 0 Å². The monoisotopic (exact) mass is 733 g/mol. The molecule has 7 nitrogen and oxygen atoms in total. The van der Waals surface area contributed by atoms with Gasteiger partial charge in [0.25, 0.3) is 10.0 Å². The fraction of sp³-hybridized carbons (Fsp3) is 0.257. The van der Waals surface area contributed by atoms with E-state index < -0.39 is 34.4 Å². The maximum Gasteiger partial charge on any atom is 0.264 e. The first-order chi connectivity index (χ1) is 22.3. The summed E-state index contributed by atoms with van der Waals surface area (Å²) in [5, 5.41) is 3.63.